The number of ether oxygens (including phenoxy) is 1. The fourth-order valence-electron chi connectivity index (χ4n) is 4.11. The smallest absolute Gasteiger partial charge is 0.419 e. The van der Waals surface area contributed by atoms with Gasteiger partial charge < -0.3 is 15.8 Å². The summed E-state index contributed by atoms with van der Waals surface area (Å²) in [6.45, 7) is 5.81. The van der Waals surface area contributed by atoms with Gasteiger partial charge in [0.2, 0.25) is 5.95 Å². The second-order valence-corrected chi connectivity index (χ2v) is 9.14. The van der Waals surface area contributed by atoms with Gasteiger partial charge in [0.25, 0.3) is 0 Å². The minimum Gasteiger partial charge on any atom is -0.491 e. The molecule has 8 heteroatoms. The number of benzene rings is 1. The highest BCUT2D eigenvalue weighted by molar-refractivity contribution is 5.63. The predicted octanol–water partition coefficient (Wildman–Crippen LogP) is 5.66. The topological polar surface area (TPSA) is 73.1 Å². The molecule has 0 bridgehead atoms. The van der Waals surface area contributed by atoms with E-state index in [4.69, 9.17) is 10.5 Å². The third-order valence-electron chi connectivity index (χ3n) is 5.36. The number of aromatic nitrogens is 2. The molecular weight excluding hydrogens is 405 g/mol. The van der Waals surface area contributed by atoms with Crippen LogP contribution in [0.4, 0.5) is 19.1 Å². The van der Waals surface area contributed by atoms with Gasteiger partial charge in [0.05, 0.1) is 11.3 Å². The number of nitrogens with two attached hydrogens (primary N) is 1. The summed E-state index contributed by atoms with van der Waals surface area (Å²) in [6, 6.07) is 5.93. The number of rotatable bonds is 8. The predicted molar refractivity (Wildman–Crippen MR) is 116 cm³/mol. The molecule has 0 spiro atoms. The minimum atomic E-state index is -4.56. The van der Waals surface area contributed by atoms with E-state index in [0.29, 0.717) is 35.6 Å². The summed E-state index contributed by atoms with van der Waals surface area (Å²) in [5.41, 5.74) is 5.42. The zero-order valence-corrected chi connectivity index (χ0v) is 18.3. The minimum absolute atomic E-state index is 0.00340. The lowest BCUT2D eigenvalue weighted by atomic mass is 9.93. The summed E-state index contributed by atoms with van der Waals surface area (Å²) in [4.78, 5) is 8.64. The Morgan fingerprint density at radius 3 is 2.55 bits per heavy atom. The van der Waals surface area contributed by atoms with Crippen molar-refractivity contribution < 1.29 is 17.9 Å². The molecule has 0 saturated heterocycles. The molecule has 1 aromatic carbocycles. The first-order valence-corrected chi connectivity index (χ1v) is 10.8. The summed E-state index contributed by atoms with van der Waals surface area (Å²) in [6.07, 6.45) is 2.06. The number of anilines is 1. The molecule has 1 heterocycles. The third kappa shape index (κ3) is 6.56. The van der Waals surface area contributed by atoms with E-state index in [-0.39, 0.29) is 12.4 Å². The molecule has 0 radical (unpaired) electrons. The SMILES string of the molecule is CC(C)C[C@](C)(N)COc1ccc(-c2ccnc(NC3CCCC3)n2)cc1C(F)(F)F. The van der Waals surface area contributed by atoms with Crippen molar-refractivity contribution in [3.8, 4) is 17.0 Å². The maximum absolute atomic E-state index is 13.8. The van der Waals surface area contributed by atoms with E-state index in [1.54, 1.807) is 25.3 Å². The Balaban J connectivity index is 1.83. The summed E-state index contributed by atoms with van der Waals surface area (Å²) < 4.78 is 46.8. The Bertz CT molecular complexity index is 877. The Hall–Kier alpha value is -2.35. The lowest BCUT2D eigenvalue weighted by Gasteiger charge is -2.27. The van der Waals surface area contributed by atoms with Crippen molar-refractivity contribution in [2.24, 2.45) is 11.7 Å². The number of alkyl halides is 3. The molecule has 0 aliphatic heterocycles. The van der Waals surface area contributed by atoms with Gasteiger partial charge in [-0.3, -0.25) is 0 Å². The summed E-state index contributed by atoms with van der Waals surface area (Å²) in [5, 5.41) is 3.28. The molecule has 1 aliphatic carbocycles. The van der Waals surface area contributed by atoms with E-state index in [2.05, 4.69) is 15.3 Å². The normalized spacial score (nSPS) is 17.0. The van der Waals surface area contributed by atoms with E-state index in [1.165, 1.54) is 6.07 Å². The van der Waals surface area contributed by atoms with Crippen molar-refractivity contribution in [1.29, 1.82) is 0 Å². The van der Waals surface area contributed by atoms with Crippen molar-refractivity contribution in [2.75, 3.05) is 11.9 Å². The zero-order valence-electron chi connectivity index (χ0n) is 18.3. The highest BCUT2D eigenvalue weighted by Crippen LogP contribution is 2.39. The van der Waals surface area contributed by atoms with Gasteiger partial charge in [-0.15, -0.1) is 0 Å². The van der Waals surface area contributed by atoms with E-state index >= 15 is 0 Å². The van der Waals surface area contributed by atoms with Crippen molar-refractivity contribution in [1.82, 2.24) is 9.97 Å². The average molecular weight is 437 g/mol. The fraction of sp³-hybridized carbons (Fsp3) is 0.565. The second-order valence-electron chi connectivity index (χ2n) is 9.14. The van der Waals surface area contributed by atoms with Gasteiger partial charge in [-0.05, 0) is 56.4 Å². The highest BCUT2D eigenvalue weighted by Gasteiger charge is 2.35. The number of hydrogen-bond donors (Lipinski definition) is 2. The monoisotopic (exact) mass is 436 g/mol. The van der Waals surface area contributed by atoms with E-state index in [9.17, 15) is 13.2 Å². The first kappa shape index (κ1) is 23.3. The van der Waals surface area contributed by atoms with Crippen LogP contribution in [0.2, 0.25) is 0 Å². The average Bonchev–Trinajstić information content (AvgIpc) is 3.18. The Morgan fingerprint density at radius 1 is 1.19 bits per heavy atom. The molecular formula is C23H31F3N4O. The second kappa shape index (κ2) is 9.42. The molecule has 3 N–H and O–H groups in total. The Kier molecular flexibility index (Phi) is 7.09. The first-order chi connectivity index (χ1) is 14.5. The molecule has 1 saturated carbocycles. The quantitative estimate of drug-likeness (QED) is 0.559. The van der Waals surface area contributed by atoms with Gasteiger partial charge in [0, 0.05) is 23.3 Å². The fourth-order valence-corrected chi connectivity index (χ4v) is 4.11. The van der Waals surface area contributed by atoms with Crippen LogP contribution in [0, 0.1) is 5.92 Å². The van der Waals surface area contributed by atoms with Gasteiger partial charge in [-0.1, -0.05) is 26.7 Å². The van der Waals surface area contributed by atoms with Crippen molar-refractivity contribution in [2.45, 2.75) is 70.6 Å². The summed E-state index contributed by atoms with van der Waals surface area (Å²) in [7, 11) is 0. The van der Waals surface area contributed by atoms with Crippen LogP contribution in [0.5, 0.6) is 5.75 Å². The van der Waals surface area contributed by atoms with Crippen LogP contribution in [0.25, 0.3) is 11.3 Å². The van der Waals surface area contributed by atoms with E-state index in [1.807, 2.05) is 13.8 Å². The van der Waals surface area contributed by atoms with Crippen LogP contribution >= 0.6 is 0 Å². The van der Waals surface area contributed by atoms with Crippen LogP contribution in [0.1, 0.15) is 58.4 Å². The number of halogens is 3. The van der Waals surface area contributed by atoms with Crippen LogP contribution in [-0.2, 0) is 6.18 Å². The molecule has 1 aromatic heterocycles. The maximum Gasteiger partial charge on any atom is 0.419 e. The van der Waals surface area contributed by atoms with Gasteiger partial charge in [-0.25, -0.2) is 9.97 Å². The Morgan fingerprint density at radius 2 is 1.90 bits per heavy atom. The number of nitrogens with one attached hydrogen (secondary N) is 1. The first-order valence-electron chi connectivity index (χ1n) is 10.8. The largest absolute Gasteiger partial charge is 0.491 e. The maximum atomic E-state index is 13.8. The lowest BCUT2D eigenvalue weighted by Crippen LogP contribution is -2.43. The van der Waals surface area contributed by atoms with Crippen LogP contribution in [-0.4, -0.2) is 28.2 Å². The lowest BCUT2D eigenvalue weighted by molar-refractivity contribution is -0.139. The molecule has 0 unspecified atom stereocenters. The van der Waals surface area contributed by atoms with Crippen molar-refractivity contribution in [3.05, 3.63) is 36.0 Å². The van der Waals surface area contributed by atoms with Gasteiger partial charge >= 0.3 is 6.18 Å². The number of nitrogens with zero attached hydrogens (tertiary/aromatic N) is 2. The van der Waals surface area contributed by atoms with E-state index in [0.717, 1.165) is 31.7 Å². The highest BCUT2D eigenvalue weighted by atomic mass is 19.4. The van der Waals surface area contributed by atoms with Gasteiger partial charge in [0.15, 0.2) is 0 Å². The van der Waals surface area contributed by atoms with E-state index < -0.39 is 17.3 Å². The molecule has 31 heavy (non-hydrogen) atoms. The molecule has 1 aliphatic rings. The van der Waals surface area contributed by atoms with Crippen LogP contribution in [0.3, 0.4) is 0 Å². The van der Waals surface area contributed by atoms with Crippen molar-refractivity contribution in [3.63, 3.8) is 0 Å². The molecule has 170 valence electrons. The van der Waals surface area contributed by atoms with Crippen LogP contribution in [0.15, 0.2) is 30.5 Å². The molecule has 1 atom stereocenters. The standard InChI is InChI=1S/C23H31F3N4O/c1-15(2)13-22(3,27)14-31-20-9-8-16(12-18(20)23(24,25)26)19-10-11-28-21(30-19)29-17-6-4-5-7-17/h8-12,15,17H,4-7,13-14,27H2,1-3H3,(H,28,29,30)/t22-/m0/s1. The Labute approximate surface area is 181 Å². The summed E-state index contributed by atoms with van der Waals surface area (Å²) >= 11 is 0. The molecule has 1 fully saturated rings. The number of hydrogen-bond acceptors (Lipinski definition) is 5. The van der Waals surface area contributed by atoms with Crippen molar-refractivity contribution >= 4 is 5.95 Å². The molecule has 0 amide bonds. The van der Waals surface area contributed by atoms with Gasteiger partial charge in [0.1, 0.15) is 12.4 Å². The third-order valence-corrected chi connectivity index (χ3v) is 5.36. The molecule has 5 nitrogen and oxygen atoms in total. The van der Waals surface area contributed by atoms with Crippen LogP contribution < -0.4 is 15.8 Å². The summed E-state index contributed by atoms with van der Waals surface area (Å²) in [5.74, 6) is 0.522. The molecule has 3 rings (SSSR count). The van der Waals surface area contributed by atoms with Gasteiger partial charge in [-0.2, -0.15) is 13.2 Å². The zero-order chi connectivity index (χ0) is 22.6. The molecule has 2 aromatic rings.